The highest BCUT2D eigenvalue weighted by Gasteiger charge is 2.32. The first-order valence-corrected chi connectivity index (χ1v) is 12.7. The molecule has 13 heteroatoms. The summed E-state index contributed by atoms with van der Waals surface area (Å²) in [6, 6.07) is 3.33. The van der Waals surface area contributed by atoms with E-state index >= 15 is 0 Å². The van der Waals surface area contributed by atoms with Crippen molar-refractivity contribution in [2.24, 2.45) is 11.7 Å². The second-order valence-corrected chi connectivity index (χ2v) is 9.49. The number of aromatic hydroxyl groups is 1. The molecule has 1 unspecified atom stereocenters. The lowest BCUT2D eigenvalue weighted by Crippen LogP contribution is -2.58. The van der Waals surface area contributed by atoms with E-state index in [2.05, 4.69) is 21.3 Å². The summed E-state index contributed by atoms with van der Waals surface area (Å²) in [7, 11) is 0. The molecule has 4 amide bonds. The van der Waals surface area contributed by atoms with Crippen molar-refractivity contribution in [3.05, 3.63) is 29.8 Å². The quantitative estimate of drug-likeness (QED) is 0.135. The normalized spacial score (nSPS) is 13.7. The van der Waals surface area contributed by atoms with Crippen LogP contribution in [0.15, 0.2) is 24.3 Å². The van der Waals surface area contributed by atoms with Crippen LogP contribution in [0.3, 0.4) is 0 Å². The number of hydrogen-bond acceptors (Lipinski definition) is 8. The van der Waals surface area contributed by atoms with Gasteiger partial charge in [0, 0.05) is 13.3 Å². The van der Waals surface area contributed by atoms with E-state index in [0.29, 0.717) is 24.9 Å². The average molecular weight is 547 g/mol. The fourth-order valence-corrected chi connectivity index (χ4v) is 3.71. The number of nitrogens with zero attached hydrogens (tertiary/aromatic N) is 1. The van der Waals surface area contributed by atoms with E-state index in [1.807, 2.05) is 0 Å². The maximum atomic E-state index is 13.2. The third-order valence-electron chi connectivity index (χ3n) is 5.75. The van der Waals surface area contributed by atoms with Gasteiger partial charge >= 0.3 is 5.97 Å². The zero-order valence-electron chi connectivity index (χ0n) is 22.4. The predicted molar refractivity (Wildman–Crippen MR) is 141 cm³/mol. The van der Waals surface area contributed by atoms with Crippen LogP contribution in [-0.2, 0) is 30.4 Å². The van der Waals surface area contributed by atoms with Crippen LogP contribution < -0.4 is 27.0 Å². The van der Waals surface area contributed by atoms with Gasteiger partial charge in [0.1, 0.15) is 29.9 Å². The van der Waals surface area contributed by atoms with E-state index in [1.165, 1.54) is 19.1 Å². The Morgan fingerprint density at radius 1 is 0.923 bits per heavy atom. The van der Waals surface area contributed by atoms with Crippen molar-refractivity contribution in [1.82, 2.24) is 21.3 Å². The second kappa shape index (κ2) is 16.6. The number of nitrogens with one attached hydrogen (secondary N) is 4. The molecule has 0 heterocycles. The molecule has 0 aromatic heterocycles. The Bertz CT molecular complexity index is 1040. The Labute approximate surface area is 227 Å². The van der Waals surface area contributed by atoms with Gasteiger partial charge in [-0.1, -0.05) is 26.0 Å². The number of unbranched alkanes of at least 4 members (excludes halogenated alkanes) is 1. The first-order chi connectivity index (χ1) is 18.4. The van der Waals surface area contributed by atoms with Crippen LogP contribution in [0, 0.1) is 17.2 Å². The van der Waals surface area contributed by atoms with E-state index in [1.54, 1.807) is 32.0 Å². The van der Waals surface area contributed by atoms with Crippen molar-refractivity contribution in [1.29, 1.82) is 5.26 Å². The lowest BCUT2D eigenvalue weighted by molar-refractivity contribution is -0.137. The molecule has 0 radical (unpaired) electrons. The fourth-order valence-electron chi connectivity index (χ4n) is 3.71. The van der Waals surface area contributed by atoms with Crippen LogP contribution in [0.2, 0.25) is 0 Å². The van der Waals surface area contributed by atoms with Gasteiger partial charge in [0.2, 0.25) is 23.6 Å². The van der Waals surface area contributed by atoms with E-state index in [4.69, 9.17) is 10.8 Å². The number of nitrogens with two attached hydrogens (primary N) is 1. The fraction of sp³-hybridized carbons (Fsp3) is 0.538. The van der Waals surface area contributed by atoms with Gasteiger partial charge in [0.25, 0.3) is 0 Å². The zero-order valence-corrected chi connectivity index (χ0v) is 22.4. The van der Waals surface area contributed by atoms with Crippen LogP contribution in [0.25, 0.3) is 0 Å². The summed E-state index contributed by atoms with van der Waals surface area (Å²) in [5.41, 5.74) is 6.20. The summed E-state index contributed by atoms with van der Waals surface area (Å²) in [5, 5.41) is 37.8. The molecule has 8 N–H and O–H groups in total. The van der Waals surface area contributed by atoms with Crippen molar-refractivity contribution in [2.45, 2.75) is 77.0 Å². The number of nitriles is 1. The molecule has 0 spiro atoms. The van der Waals surface area contributed by atoms with Gasteiger partial charge in [-0.2, -0.15) is 5.26 Å². The smallest absolute Gasteiger partial charge is 0.306 e. The van der Waals surface area contributed by atoms with Crippen LogP contribution in [0.4, 0.5) is 0 Å². The number of carbonyl (C=O) groups is 5. The maximum absolute atomic E-state index is 13.2. The summed E-state index contributed by atoms with van der Waals surface area (Å²) in [6.07, 6.45) is 0.703. The molecule has 214 valence electrons. The molecular formula is C26H38N6O7. The Balaban J connectivity index is 3.05. The number of phenolic OH excluding ortho intramolecular Hbond substituents is 1. The minimum absolute atomic E-state index is 0.0462. The van der Waals surface area contributed by atoms with Gasteiger partial charge in [0.05, 0.1) is 12.5 Å². The van der Waals surface area contributed by atoms with Gasteiger partial charge in [-0.05, 0) is 49.4 Å². The zero-order chi connectivity index (χ0) is 29.5. The maximum Gasteiger partial charge on any atom is 0.306 e. The number of rotatable bonds is 16. The molecule has 0 saturated heterocycles. The number of aliphatic carboxylic acids is 1. The molecular weight excluding hydrogens is 508 g/mol. The minimum Gasteiger partial charge on any atom is -0.508 e. The molecule has 0 aliphatic rings. The third kappa shape index (κ3) is 12.3. The molecule has 39 heavy (non-hydrogen) atoms. The Morgan fingerprint density at radius 3 is 2.05 bits per heavy atom. The highest BCUT2D eigenvalue weighted by atomic mass is 16.4. The van der Waals surface area contributed by atoms with Crippen LogP contribution in [0.5, 0.6) is 5.75 Å². The first-order valence-electron chi connectivity index (χ1n) is 12.7. The molecule has 0 aliphatic heterocycles. The van der Waals surface area contributed by atoms with Gasteiger partial charge in [-0.3, -0.25) is 24.0 Å². The molecule has 0 fully saturated rings. The highest BCUT2D eigenvalue weighted by molar-refractivity contribution is 5.94. The molecule has 4 atom stereocenters. The summed E-state index contributed by atoms with van der Waals surface area (Å²) >= 11 is 0. The van der Waals surface area contributed by atoms with Gasteiger partial charge < -0.3 is 37.2 Å². The van der Waals surface area contributed by atoms with Crippen molar-refractivity contribution >= 4 is 29.6 Å². The molecule has 1 aromatic carbocycles. The minimum atomic E-state index is -1.29. The van der Waals surface area contributed by atoms with Gasteiger partial charge in [-0.15, -0.1) is 0 Å². The molecule has 0 saturated carbocycles. The SMILES string of the molecule is CC(=O)N[C@@H](Cc1ccc(O)cc1)C(=O)N[C@H](C(=O)N[C@@H](CCCCN)C(=O)NC(C#N)CC(=O)O)C(C)C. The Kier molecular flexibility index (Phi) is 14.0. The highest BCUT2D eigenvalue weighted by Crippen LogP contribution is 2.12. The largest absolute Gasteiger partial charge is 0.508 e. The lowest BCUT2D eigenvalue weighted by Gasteiger charge is -2.27. The van der Waals surface area contributed by atoms with E-state index < -0.39 is 66.1 Å². The molecule has 1 rings (SSSR count). The monoisotopic (exact) mass is 546 g/mol. The van der Waals surface area contributed by atoms with E-state index in [-0.39, 0.29) is 18.6 Å². The number of phenols is 1. The number of benzene rings is 1. The lowest BCUT2D eigenvalue weighted by atomic mass is 9.99. The molecule has 0 bridgehead atoms. The van der Waals surface area contributed by atoms with Gasteiger partial charge in [0.15, 0.2) is 0 Å². The summed E-state index contributed by atoms with van der Waals surface area (Å²) in [6.45, 7) is 5.01. The number of amides is 4. The van der Waals surface area contributed by atoms with Gasteiger partial charge in [-0.25, -0.2) is 0 Å². The van der Waals surface area contributed by atoms with Crippen molar-refractivity contribution in [2.75, 3.05) is 6.54 Å². The summed E-state index contributed by atoms with van der Waals surface area (Å²) in [4.78, 5) is 61.9. The summed E-state index contributed by atoms with van der Waals surface area (Å²) in [5.74, 6) is -4.10. The van der Waals surface area contributed by atoms with Crippen LogP contribution in [-0.4, -0.2) is 70.5 Å². The Hall–Kier alpha value is -4.18. The molecule has 0 aliphatic carbocycles. The molecule has 1 aromatic rings. The van der Waals surface area contributed by atoms with E-state index in [9.17, 15) is 34.3 Å². The van der Waals surface area contributed by atoms with Crippen molar-refractivity contribution in [3.8, 4) is 11.8 Å². The standard InChI is InChI=1S/C26H38N6O7/c1-15(2)23(32-25(38)21(29-16(3)33)12-17-7-9-19(34)10-8-17)26(39)31-20(6-4-5-11-27)24(37)30-18(14-28)13-22(35)36/h7-10,15,18,20-21,23,34H,4-6,11-13,27H2,1-3H3,(H,29,33)(H,30,37)(H,31,39)(H,32,38)(H,35,36)/t18?,20-,21-,23-/m0/s1. The Morgan fingerprint density at radius 2 is 1.54 bits per heavy atom. The number of carbonyl (C=O) groups excluding carboxylic acids is 4. The van der Waals surface area contributed by atoms with E-state index in [0.717, 1.165) is 0 Å². The number of carboxylic acids is 1. The number of hydrogen-bond donors (Lipinski definition) is 7. The van der Waals surface area contributed by atoms with Crippen molar-refractivity contribution in [3.63, 3.8) is 0 Å². The van der Waals surface area contributed by atoms with Crippen LogP contribution >= 0.6 is 0 Å². The third-order valence-corrected chi connectivity index (χ3v) is 5.75. The average Bonchev–Trinajstić information content (AvgIpc) is 2.86. The van der Waals surface area contributed by atoms with Crippen molar-refractivity contribution < 1.29 is 34.2 Å². The van der Waals surface area contributed by atoms with Crippen LogP contribution in [0.1, 0.15) is 52.0 Å². The molecule has 13 nitrogen and oxygen atoms in total. The second-order valence-electron chi connectivity index (χ2n) is 9.49. The predicted octanol–water partition coefficient (Wildman–Crippen LogP) is -0.323. The topological polar surface area (TPSA) is 224 Å². The first kappa shape index (κ1) is 32.8. The number of carboxylic acid groups (broad SMARTS) is 1. The summed E-state index contributed by atoms with van der Waals surface area (Å²) < 4.78 is 0.